The van der Waals surface area contributed by atoms with Gasteiger partial charge in [-0.2, -0.15) is 15.0 Å². The molecule has 0 aliphatic carbocycles. The zero-order valence-electron chi connectivity index (χ0n) is 11.6. The maximum absolute atomic E-state index is 10.8. The lowest BCUT2D eigenvalue weighted by Crippen LogP contribution is -2.13. The van der Waals surface area contributed by atoms with Crippen LogP contribution in [0.1, 0.15) is 5.56 Å². The van der Waals surface area contributed by atoms with E-state index in [0.717, 1.165) is 0 Å². The highest BCUT2D eigenvalue weighted by Gasteiger charge is 2.13. The average molecular weight is 310 g/mol. The number of ether oxygens (including phenoxy) is 1. The van der Waals surface area contributed by atoms with Crippen molar-refractivity contribution in [3.05, 3.63) is 39.2 Å². The highest BCUT2D eigenvalue weighted by atomic mass is 35.5. The Morgan fingerprint density at radius 3 is 2.57 bits per heavy atom. The number of nitro benzene ring substituents is 1. The quantitative estimate of drug-likeness (QED) is 0.632. The molecule has 21 heavy (non-hydrogen) atoms. The van der Waals surface area contributed by atoms with Gasteiger partial charge in [-0.05, 0) is 30.7 Å². The van der Waals surface area contributed by atoms with Crippen LogP contribution in [0.2, 0.25) is 5.28 Å². The zero-order chi connectivity index (χ0) is 15.6. The van der Waals surface area contributed by atoms with Crippen molar-refractivity contribution in [1.29, 1.82) is 0 Å². The third kappa shape index (κ3) is 3.54. The van der Waals surface area contributed by atoms with Crippen LogP contribution in [-0.4, -0.2) is 34.0 Å². The molecule has 0 unspecified atom stereocenters. The van der Waals surface area contributed by atoms with E-state index in [2.05, 4.69) is 15.0 Å². The number of aromatic nitrogens is 3. The Kier molecular flexibility index (Phi) is 4.18. The van der Waals surface area contributed by atoms with Gasteiger partial charge < -0.3 is 9.64 Å². The van der Waals surface area contributed by atoms with Crippen LogP contribution >= 0.6 is 11.6 Å². The molecule has 0 fully saturated rings. The average Bonchev–Trinajstić information content (AvgIpc) is 2.37. The molecule has 0 aliphatic heterocycles. The summed E-state index contributed by atoms with van der Waals surface area (Å²) in [5, 5.41) is 10.8. The lowest BCUT2D eigenvalue weighted by Gasteiger charge is -2.11. The fraction of sp³-hybridized carbons (Fsp3) is 0.250. The van der Waals surface area contributed by atoms with Crippen LogP contribution < -0.4 is 9.64 Å². The number of anilines is 1. The summed E-state index contributed by atoms with van der Waals surface area (Å²) < 4.78 is 5.47. The summed E-state index contributed by atoms with van der Waals surface area (Å²) in [6.07, 6.45) is 0. The maximum Gasteiger partial charge on any atom is 0.328 e. The van der Waals surface area contributed by atoms with Crippen LogP contribution in [-0.2, 0) is 0 Å². The molecule has 0 atom stereocenters. The summed E-state index contributed by atoms with van der Waals surface area (Å²) in [7, 11) is 3.51. The zero-order valence-corrected chi connectivity index (χ0v) is 12.3. The summed E-state index contributed by atoms with van der Waals surface area (Å²) >= 11 is 5.80. The van der Waals surface area contributed by atoms with Crippen molar-refractivity contribution < 1.29 is 9.66 Å². The molecule has 110 valence electrons. The van der Waals surface area contributed by atoms with Gasteiger partial charge in [-0.1, -0.05) is 0 Å². The smallest absolute Gasteiger partial charge is 0.328 e. The van der Waals surface area contributed by atoms with Crippen LogP contribution in [0.5, 0.6) is 11.8 Å². The van der Waals surface area contributed by atoms with Crippen molar-refractivity contribution in [1.82, 2.24) is 15.0 Å². The molecule has 0 aliphatic rings. The first kappa shape index (κ1) is 14.9. The Balaban J connectivity index is 2.30. The van der Waals surface area contributed by atoms with Gasteiger partial charge in [0.15, 0.2) is 0 Å². The number of rotatable bonds is 4. The third-order valence-electron chi connectivity index (χ3n) is 2.55. The minimum Gasteiger partial charge on any atom is -0.424 e. The van der Waals surface area contributed by atoms with Gasteiger partial charge in [-0.25, -0.2) is 0 Å². The topological polar surface area (TPSA) is 94.3 Å². The number of aryl methyl sites for hydroxylation is 1. The van der Waals surface area contributed by atoms with Crippen molar-refractivity contribution in [3.8, 4) is 11.8 Å². The van der Waals surface area contributed by atoms with Crippen LogP contribution in [0.3, 0.4) is 0 Å². The van der Waals surface area contributed by atoms with Crippen molar-refractivity contribution in [2.45, 2.75) is 6.92 Å². The molecule has 9 heteroatoms. The standard InChI is InChI=1S/C12H12ClN5O3/c1-7-6-8(4-5-9(7)18(19)20)21-12-15-10(13)14-11(16-12)17(2)3/h4-6H,1-3H3. The van der Waals surface area contributed by atoms with Crippen LogP contribution in [0.4, 0.5) is 11.6 Å². The fourth-order valence-corrected chi connectivity index (χ4v) is 1.72. The van der Waals surface area contributed by atoms with Gasteiger partial charge in [0.2, 0.25) is 11.2 Å². The molecule has 0 amide bonds. The largest absolute Gasteiger partial charge is 0.424 e. The van der Waals surface area contributed by atoms with E-state index < -0.39 is 4.92 Å². The molecule has 0 N–H and O–H groups in total. The first-order valence-electron chi connectivity index (χ1n) is 5.88. The van der Waals surface area contributed by atoms with E-state index in [-0.39, 0.29) is 17.0 Å². The highest BCUT2D eigenvalue weighted by molar-refractivity contribution is 6.28. The first-order valence-corrected chi connectivity index (χ1v) is 6.26. The Bertz CT molecular complexity index is 693. The highest BCUT2D eigenvalue weighted by Crippen LogP contribution is 2.26. The second-order valence-corrected chi connectivity index (χ2v) is 4.73. The van der Waals surface area contributed by atoms with Crippen molar-refractivity contribution in [2.24, 2.45) is 0 Å². The van der Waals surface area contributed by atoms with Crippen molar-refractivity contribution >= 4 is 23.2 Å². The van der Waals surface area contributed by atoms with E-state index in [4.69, 9.17) is 16.3 Å². The van der Waals surface area contributed by atoms with E-state index in [1.807, 2.05) is 0 Å². The third-order valence-corrected chi connectivity index (χ3v) is 2.72. The van der Waals surface area contributed by atoms with Gasteiger partial charge in [0.25, 0.3) is 5.69 Å². The number of halogens is 1. The second kappa shape index (κ2) is 5.88. The molecule has 8 nitrogen and oxygen atoms in total. The molecule has 0 spiro atoms. The van der Waals surface area contributed by atoms with Crippen molar-refractivity contribution in [3.63, 3.8) is 0 Å². The predicted octanol–water partition coefficient (Wildman–Crippen LogP) is 2.60. The van der Waals surface area contributed by atoms with Gasteiger partial charge >= 0.3 is 6.01 Å². The summed E-state index contributed by atoms with van der Waals surface area (Å²) in [6.45, 7) is 1.62. The van der Waals surface area contributed by atoms with Gasteiger partial charge in [0, 0.05) is 25.7 Å². The van der Waals surface area contributed by atoms with Crippen molar-refractivity contribution in [2.75, 3.05) is 19.0 Å². The van der Waals surface area contributed by atoms with Gasteiger partial charge in [-0.3, -0.25) is 10.1 Å². The summed E-state index contributed by atoms with van der Waals surface area (Å²) in [5.74, 6) is 0.730. The SMILES string of the molecule is Cc1cc(Oc2nc(Cl)nc(N(C)C)n2)ccc1[N+](=O)[O-]. The molecule has 0 radical (unpaired) electrons. The molecule has 0 bridgehead atoms. The maximum atomic E-state index is 10.8. The van der Waals surface area contributed by atoms with E-state index in [0.29, 0.717) is 17.3 Å². The number of nitrogens with zero attached hydrogens (tertiary/aromatic N) is 5. The molecule has 2 aromatic rings. The molecule has 0 saturated heterocycles. The molecule has 1 heterocycles. The minimum absolute atomic E-state index is 0.00216. The summed E-state index contributed by atoms with van der Waals surface area (Å²) in [5.41, 5.74) is 0.496. The Morgan fingerprint density at radius 1 is 1.29 bits per heavy atom. The molecular weight excluding hydrogens is 298 g/mol. The monoisotopic (exact) mass is 309 g/mol. The first-order chi connectivity index (χ1) is 9.86. The van der Waals surface area contributed by atoms with E-state index in [1.54, 1.807) is 25.9 Å². The lowest BCUT2D eigenvalue weighted by molar-refractivity contribution is -0.385. The lowest BCUT2D eigenvalue weighted by atomic mass is 10.2. The van der Waals surface area contributed by atoms with E-state index in [9.17, 15) is 10.1 Å². The van der Waals surface area contributed by atoms with Crippen LogP contribution in [0.15, 0.2) is 18.2 Å². The van der Waals surface area contributed by atoms with Gasteiger partial charge in [-0.15, -0.1) is 0 Å². The number of nitro groups is 1. The summed E-state index contributed by atoms with van der Waals surface area (Å²) in [6, 6.07) is 4.39. The predicted molar refractivity (Wildman–Crippen MR) is 77.1 cm³/mol. The minimum atomic E-state index is -0.455. The molecule has 1 aromatic carbocycles. The Labute approximate surface area is 125 Å². The van der Waals surface area contributed by atoms with Gasteiger partial charge in [0.05, 0.1) is 4.92 Å². The van der Waals surface area contributed by atoms with Crippen LogP contribution in [0, 0.1) is 17.0 Å². The van der Waals surface area contributed by atoms with E-state index in [1.165, 1.54) is 18.2 Å². The fourth-order valence-electron chi connectivity index (χ4n) is 1.57. The Morgan fingerprint density at radius 2 is 2.00 bits per heavy atom. The molecule has 1 aromatic heterocycles. The van der Waals surface area contributed by atoms with Crippen LogP contribution in [0.25, 0.3) is 0 Å². The van der Waals surface area contributed by atoms with Gasteiger partial charge in [0.1, 0.15) is 5.75 Å². The molecule has 2 rings (SSSR count). The normalized spacial score (nSPS) is 10.3. The molecule has 0 saturated carbocycles. The number of benzene rings is 1. The number of hydrogen-bond acceptors (Lipinski definition) is 7. The second-order valence-electron chi connectivity index (χ2n) is 4.39. The Hall–Kier alpha value is -2.48. The van der Waals surface area contributed by atoms with E-state index >= 15 is 0 Å². The molecular formula is C12H12ClN5O3. The summed E-state index contributed by atoms with van der Waals surface area (Å²) in [4.78, 5) is 23.8. The number of hydrogen-bond donors (Lipinski definition) is 0.